The second kappa shape index (κ2) is 8.49. The summed E-state index contributed by atoms with van der Waals surface area (Å²) in [4.78, 5) is 18.7. The maximum atomic E-state index is 11.9. The van der Waals surface area contributed by atoms with E-state index < -0.39 is 24.9 Å². The Bertz CT molecular complexity index is 731. The van der Waals surface area contributed by atoms with Crippen molar-refractivity contribution in [1.29, 1.82) is 0 Å². The molecule has 2 rings (SSSR count). The number of aliphatic hydroxyl groups is 4. The molecule has 1 aromatic carbocycles. The van der Waals surface area contributed by atoms with Crippen molar-refractivity contribution in [3.8, 4) is 0 Å². The SMILES string of the molecule is C/C(=N\NC(=O)c1ccccc1)c1ncc([C@@H](O)[C@H](O)[C@H](O)CO)[nH]1. The van der Waals surface area contributed by atoms with Gasteiger partial charge in [0.1, 0.15) is 24.0 Å². The van der Waals surface area contributed by atoms with Gasteiger partial charge in [-0.05, 0) is 19.1 Å². The zero-order valence-electron chi connectivity index (χ0n) is 13.5. The summed E-state index contributed by atoms with van der Waals surface area (Å²) >= 11 is 0. The summed E-state index contributed by atoms with van der Waals surface area (Å²) in [6.07, 6.45) is -3.25. The Labute approximate surface area is 143 Å². The van der Waals surface area contributed by atoms with E-state index in [0.29, 0.717) is 11.3 Å². The number of amides is 1. The topological polar surface area (TPSA) is 151 Å². The molecule has 0 aliphatic rings. The Morgan fingerprint density at radius 3 is 2.60 bits per heavy atom. The number of aromatic nitrogens is 2. The summed E-state index contributed by atoms with van der Waals surface area (Å²) in [5, 5.41) is 41.7. The number of nitrogens with zero attached hydrogens (tertiary/aromatic N) is 2. The van der Waals surface area contributed by atoms with E-state index in [-0.39, 0.29) is 17.4 Å². The van der Waals surface area contributed by atoms with Crippen LogP contribution in [0.25, 0.3) is 0 Å². The van der Waals surface area contributed by atoms with Gasteiger partial charge in [0.25, 0.3) is 5.91 Å². The predicted molar refractivity (Wildman–Crippen MR) is 88.8 cm³/mol. The highest BCUT2D eigenvalue weighted by molar-refractivity contribution is 5.98. The molecule has 1 aromatic heterocycles. The standard InChI is InChI=1S/C16H20N4O5/c1-9(19-20-16(25)10-5-3-2-4-6-10)15-17-7-11(18-15)13(23)14(24)12(22)8-21/h2-7,12-14,21-24H,8H2,1H3,(H,17,18)(H,20,25)/b19-9+/t12-,13-,14-/m1/s1. The number of hydrogen-bond donors (Lipinski definition) is 6. The first-order valence-electron chi connectivity index (χ1n) is 7.54. The number of benzene rings is 1. The van der Waals surface area contributed by atoms with Crippen LogP contribution in [0.15, 0.2) is 41.6 Å². The van der Waals surface area contributed by atoms with Crippen molar-refractivity contribution in [2.75, 3.05) is 6.61 Å². The van der Waals surface area contributed by atoms with Gasteiger partial charge < -0.3 is 25.4 Å². The number of aliphatic hydroxyl groups excluding tert-OH is 4. The summed E-state index contributed by atoms with van der Waals surface area (Å²) in [6, 6.07) is 8.56. The quantitative estimate of drug-likeness (QED) is 0.288. The molecule has 134 valence electrons. The van der Waals surface area contributed by atoms with Crippen molar-refractivity contribution in [3.05, 3.63) is 53.6 Å². The summed E-state index contributed by atoms with van der Waals surface area (Å²) in [7, 11) is 0. The molecule has 1 heterocycles. The Kier molecular flexibility index (Phi) is 6.37. The molecule has 0 spiro atoms. The maximum absolute atomic E-state index is 11.9. The molecule has 0 fully saturated rings. The lowest BCUT2D eigenvalue weighted by molar-refractivity contribution is -0.0788. The zero-order chi connectivity index (χ0) is 18.4. The van der Waals surface area contributed by atoms with Gasteiger partial charge in [-0.2, -0.15) is 5.10 Å². The summed E-state index contributed by atoms with van der Waals surface area (Å²) in [5.41, 5.74) is 3.33. The van der Waals surface area contributed by atoms with Crippen LogP contribution in [-0.4, -0.2) is 60.8 Å². The first kappa shape index (κ1) is 18.7. The molecule has 0 saturated heterocycles. The largest absolute Gasteiger partial charge is 0.394 e. The van der Waals surface area contributed by atoms with E-state index >= 15 is 0 Å². The van der Waals surface area contributed by atoms with Gasteiger partial charge in [-0.25, -0.2) is 10.4 Å². The number of carbonyl (C=O) groups is 1. The lowest BCUT2D eigenvalue weighted by Gasteiger charge is -2.20. The second-order valence-electron chi connectivity index (χ2n) is 5.38. The first-order chi connectivity index (χ1) is 11.9. The van der Waals surface area contributed by atoms with Crippen LogP contribution in [0.1, 0.15) is 34.9 Å². The Morgan fingerprint density at radius 2 is 1.96 bits per heavy atom. The minimum Gasteiger partial charge on any atom is -0.394 e. The number of aromatic amines is 1. The number of nitrogens with one attached hydrogen (secondary N) is 2. The van der Waals surface area contributed by atoms with Crippen molar-refractivity contribution in [3.63, 3.8) is 0 Å². The van der Waals surface area contributed by atoms with E-state index in [1.165, 1.54) is 6.20 Å². The molecule has 1 amide bonds. The van der Waals surface area contributed by atoms with Crippen LogP contribution in [0.2, 0.25) is 0 Å². The van der Waals surface area contributed by atoms with Crippen LogP contribution in [0.4, 0.5) is 0 Å². The third-order valence-electron chi connectivity index (χ3n) is 3.52. The van der Waals surface area contributed by atoms with Crippen LogP contribution in [0, 0.1) is 0 Å². The summed E-state index contributed by atoms with van der Waals surface area (Å²) < 4.78 is 0. The molecule has 3 atom stereocenters. The van der Waals surface area contributed by atoms with Crippen LogP contribution >= 0.6 is 0 Å². The van der Waals surface area contributed by atoms with Gasteiger partial charge in [0.15, 0.2) is 5.82 Å². The van der Waals surface area contributed by atoms with E-state index in [4.69, 9.17) is 5.11 Å². The van der Waals surface area contributed by atoms with Crippen molar-refractivity contribution in [2.24, 2.45) is 5.10 Å². The Morgan fingerprint density at radius 1 is 1.28 bits per heavy atom. The fraction of sp³-hybridized carbons (Fsp3) is 0.312. The molecule has 0 aliphatic carbocycles. The van der Waals surface area contributed by atoms with Gasteiger partial charge in [0, 0.05) is 5.56 Å². The van der Waals surface area contributed by atoms with E-state index in [2.05, 4.69) is 20.5 Å². The Balaban J connectivity index is 2.04. The summed E-state index contributed by atoms with van der Waals surface area (Å²) in [5.74, 6) is -0.110. The second-order valence-corrected chi connectivity index (χ2v) is 5.38. The highest BCUT2D eigenvalue weighted by Gasteiger charge is 2.27. The maximum Gasteiger partial charge on any atom is 0.271 e. The lowest BCUT2D eigenvalue weighted by Crippen LogP contribution is -2.34. The summed E-state index contributed by atoms with van der Waals surface area (Å²) in [6.45, 7) is 0.907. The van der Waals surface area contributed by atoms with Crippen LogP contribution < -0.4 is 5.43 Å². The zero-order valence-corrected chi connectivity index (χ0v) is 13.5. The van der Waals surface area contributed by atoms with Gasteiger partial charge in [-0.1, -0.05) is 18.2 Å². The lowest BCUT2D eigenvalue weighted by atomic mass is 10.1. The van der Waals surface area contributed by atoms with E-state index in [1.807, 2.05) is 0 Å². The molecule has 9 nitrogen and oxygen atoms in total. The minimum atomic E-state index is -1.58. The predicted octanol–water partition coefficient (Wildman–Crippen LogP) is -0.689. The molecule has 0 radical (unpaired) electrons. The molecule has 0 aliphatic heterocycles. The van der Waals surface area contributed by atoms with Crippen LogP contribution in [0.5, 0.6) is 0 Å². The van der Waals surface area contributed by atoms with Crippen molar-refractivity contribution in [1.82, 2.24) is 15.4 Å². The van der Waals surface area contributed by atoms with E-state index in [9.17, 15) is 20.1 Å². The molecule has 6 N–H and O–H groups in total. The Hall–Kier alpha value is -2.59. The number of hydrogen-bond acceptors (Lipinski definition) is 7. The average molecular weight is 348 g/mol. The molecule has 0 saturated carbocycles. The van der Waals surface area contributed by atoms with E-state index in [1.54, 1.807) is 37.3 Å². The molecule has 9 heteroatoms. The van der Waals surface area contributed by atoms with Crippen LogP contribution in [0.3, 0.4) is 0 Å². The third kappa shape index (κ3) is 4.70. The molecule has 2 aromatic rings. The van der Waals surface area contributed by atoms with Crippen LogP contribution in [-0.2, 0) is 0 Å². The molecule has 0 unspecified atom stereocenters. The number of rotatable bonds is 7. The van der Waals surface area contributed by atoms with Gasteiger partial charge in [0.2, 0.25) is 0 Å². The normalized spacial score (nSPS) is 15.5. The van der Waals surface area contributed by atoms with Gasteiger partial charge in [-0.15, -0.1) is 0 Å². The van der Waals surface area contributed by atoms with Gasteiger partial charge in [-0.3, -0.25) is 4.79 Å². The highest BCUT2D eigenvalue weighted by atomic mass is 16.4. The van der Waals surface area contributed by atoms with Gasteiger partial charge >= 0.3 is 0 Å². The number of H-pyrrole nitrogens is 1. The van der Waals surface area contributed by atoms with Crippen molar-refractivity contribution < 1.29 is 25.2 Å². The number of hydrazone groups is 1. The number of imidazole rings is 1. The fourth-order valence-corrected chi connectivity index (χ4v) is 2.01. The molecular weight excluding hydrogens is 328 g/mol. The van der Waals surface area contributed by atoms with E-state index in [0.717, 1.165) is 0 Å². The average Bonchev–Trinajstić information content (AvgIpc) is 3.14. The van der Waals surface area contributed by atoms with Gasteiger partial charge in [0.05, 0.1) is 18.5 Å². The minimum absolute atomic E-state index is 0.138. The first-order valence-corrected chi connectivity index (χ1v) is 7.54. The molecule has 0 bridgehead atoms. The fourth-order valence-electron chi connectivity index (χ4n) is 2.01. The van der Waals surface area contributed by atoms with Crippen molar-refractivity contribution in [2.45, 2.75) is 25.2 Å². The molecule has 25 heavy (non-hydrogen) atoms. The highest BCUT2D eigenvalue weighted by Crippen LogP contribution is 2.17. The van der Waals surface area contributed by atoms with Crippen molar-refractivity contribution >= 4 is 11.6 Å². The molecular formula is C16H20N4O5. The monoisotopic (exact) mass is 348 g/mol. The third-order valence-corrected chi connectivity index (χ3v) is 3.52. The smallest absolute Gasteiger partial charge is 0.271 e. The number of carbonyl (C=O) groups excluding carboxylic acids is 1.